The first-order chi connectivity index (χ1) is 13.5. The van der Waals surface area contributed by atoms with Crippen LogP contribution in [0, 0.1) is 0 Å². The predicted octanol–water partition coefficient (Wildman–Crippen LogP) is 4.54. The van der Waals surface area contributed by atoms with E-state index in [0.717, 1.165) is 16.3 Å². The van der Waals surface area contributed by atoms with Gasteiger partial charge in [0.1, 0.15) is 11.3 Å². The first kappa shape index (κ1) is 19.7. The maximum atomic E-state index is 12.5. The fraction of sp³-hybridized carbons (Fsp3) is 0.182. The minimum atomic E-state index is -0.617. The predicted molar refractivity (Wildman–Crippen MR) is 109 cm³/mol. The Morgan fingerprint density at radius 3 is 2.43 bits per heavy atom. The quantitative estimate of drug-likeness (QED) is 0.620. The molecule has 0 spiro atoms. The highest BCUT2D eigenvalue weighted by atomic mass is 35.5. The van der Waals surface area contributed by atoms with Crippen LogP contribution in [0.4, 0.5) is 0 Å². The molecule has 1 atom stereocenters. The van der Waals surface area contributed by atoms with Gasteiger partial charge in [0.25, 0.3) is 5.91 Å². The van der Waals surface area contributed by atoms with Crippen molar-refractivity contribution >= 4 is 34.2 Å². The zero-order valence-electron chi connectivity index (χ0n) is 15.6. The molecule has 1 N–H and O–H groups in total. The van der Waals surface area contributed by atoms with Crippen molar-refractivity contribution in [3.63, 3.8) is 0 Å². The van der Waals surface area contributed by atoms with E-state index in [0.29, 0.717) is 10.8 Å². The normalized spacial score (nSPS) is 11.7. The molecule has 0 aliphatic heterocycles. The first-order valence-electron chi connectivity index (χ1n) is 8.76. The van der Waals surface area contributed by atoms with Crippen molar-refractivity contribution in [3.8, 4) is 5.75 Å². The standard InChI is InChI=1S/C22H20ClNO4/c1-14(15-8-5-9-18(23)10-15)24-21(25)13-28-22(26)19-11-16-6-3-4-7-17(16)12-20(19)27-2/h3-12,14H,13H2,1-2H3,(H,24,25)/t14-/m1/s1. The largest absolute Gasteiger partial charge is 0.496 e. The summed E-state index contributed by atoms with van der Waals surface area (Å²) in [7, 11) is 1.49. The van der Waals surface area contributed by atoms with Crippen LogP contribution in [0.3, 0.4) is 0 Å². The van der Waals surface area contributed by atoms with E-state index in [4.69, 9.17) is 21.1 Å². The number of ether oxygens (including phenoxy) is 2. The summed E-state index contributed by atoms with van der Waals surface area (Å²) in [5, 5.41) is 5.21. The molecule has 0 saturated carbocycles. The smallest absolute Gasteiger partial charge is 0.342 e. The van der Waals surface area contributed by atoms with Crippen LogP contribution in [0.15, 0.2) is 60.7 Å². The van der Waals surface area contributed by atoms with Gasteiger partial charge in [-0.15, -0.1) is 0 Å². The van der Waals surface area contributed by atoms with Gasteiger partial charge in [-0.1, -0.05) is 48.0 Å². The van der Waals surface area contributed by atoms with Gasteiger partial charge in [-0.25, -0.2) is 4.79 Å². The van der Waals surface area contributed by atoms with Gasteiger partial charge in [-0.05, 0) is 47.5 Å². The SMILES string of the molecule is COc1cc2ccccc2cc1C(=O)OCC(=O)N[C@H](C)c1cccc(Cl)c1. The molecular weight excluding hydrogens is 378 g/mol. The molecule has 0 aromatic heterocycles. The van der Waals surface area contributed by atoms with Crippen LogP contribution in [0.25, 0.3) is 10.8 Å². The Hall–Kier alpha value is -3.05. The Kier molecular flexibility index (Phi) is 6.16. The highest BCUT2D eigenvalue weighted by molar-refractivity contribution is 6.30. The lowest BCUT2D eigenvalue weighted by Gasteiger charge is -2.15. The first-order valence-corrected chi connectivity index (χ1v) is 9.14. The second kappa shape index (κ2) is 8.76. The average Bonchev–Trinajstić information content (AvgIpc) is 2.70. The molecule has 0 saturated heterocycles. The maximum Gasteiger partial charge on any atom is 0.342 e. The number of rotatable bonds is 6. The average molecular weight is 398 g/mol. The van der Waals surface area contributed by atoms with Gasteiger partial charge in [0.15, 0.2) is 6.61 Å². The Labute approximate surface area is 168 Å². The van der Waals surface area contributed by atoms with Crippen LogP contribution in [0.5, 0.6) is 5.75 Å². The van der Waals surface area contributed by atoms with E-state index in [1.165, 1.54) is 7.11 Å². The van der Waals surface area contributed by atoms with E-state index >= 15 is 0 Å². The van der Waals surface area contributed by atoms with Crippen molar-refractivity contribution in [1.82, 2.24) is 5.32 Å². The third kappa shape index (κ3) is 4.61. The summed E-state index contributed by atoms with van der Waals surface area (Å²) in [5.41, 5.74) is 1.14. The third-order valence-electron chi connectivity index (χ3n) is 4.35. The number of esters is 1. The van der Waals surface area contributed by atoms with E-state index < -0.39 is 11.9 Å². The van der Waals surface area contributed by atoms with Gasteiger partial charge in [-0.3, -0.25) is 4.79 Å². The van der Waals surface area contributed by atoms with Crippen LogP contribution in [-0.2, 0) is 9.53 Å². The second-order valence-electron chi connectivity index (χ2n) is 6.32. The number of nitrogens with one attached hydrogen (secondary N) is 1. The van der Waals surface area contributed by atoms with Crippen molar-refractivity contribution < 1.29 is 19.1 Å². The molecule has 5 nitrogen and oxygen atoms in total. The minimum absolute atomic E-state index is 0.264. The fourth-order valence-electron chi connectivity index (χ4n) is 2.90. The summed E-state index contributed by atoms with van der Waals surface area (Å²) >= 11 is 5.97. The second-order valence-corrected chi connectivity index (χ2v) is 6.76. The summed E-state index contributed by atoms with van der Waals surface area (Å²) in [6, 6.07) is 18.0. The molecule has 1 amide bonds. The molecule has 6 heteroatoms. The van der Waals surface area contributed by atoms with Gasteiger partial charge in [0, 0.05) is 5.02 Å². The zero-order valence-corrected chi connectivity index (χ0v) is 16.3. The van der Waals surface area contributed by atoms with E-state index in [2.05, 4.69) is 5.32 Å². The Morgan fingerprint density at radius 2 is 1.75 bits per heavy atom. The minimum Gasteiger partial charge on any atom is -0.496 e. The van der Waals surface area contributed by atoms with Gasteiger partial charge in [0.2, 0.25) is 0 Å². The topological polar surface area (TPSA) is 64.6 Å². The van der Waals surface area contributed by atoms with Crippen molar-refractivity contribution in [3.05, 3.63) is 76.8 Å². The van der Waals surface area contributed by atoms with Crippen LogP contribution in [0.1, 0.15) is 28.9 Å². The number of halogens is 1. The molecule has 0 radical (unpaired) electrons. The Bertz CT molecular complexity index is 1020. The number of fused-ring (bicyclic) bond motifs is 1. The lowest BCUT2D eigenvalue weighted by atomic mass is 10.1. The molecule has 28 heavy (non-hydrogen) atoms. The van der Waals surface area contributed by atoms with E-state index in [1.807, 2.05) is 43.3 Å². The Morgan fingerprint density at radius 1 is 1.04 bits per heavy atom. The lowest BCUT2D eigenvalue weighted by Crippen LogP contribution is -2.31. The van der Waals surface area contributed by atoms with E-state index in [-0.39, 0.29) is 18.2 Å². The molecule has 0 bridgehead atoms. The summed E-state index contributed by atoms with van der Waals surface area (Å²) in [4.78, 5) is 24.6. The van der Waals surface area contributed by atoms with E-state index in [9.17, 15) is 9.59 Å². The summed E-state index contributed by atoms with van der Waals surface area (Å²) in [6.07, 6.45) is 0. The molecule has 0 unspecified atom stereocenters. The molecule has 3 rings (SSSR count). The molecule has 0 heterocycles. The molecule has 3 aromatic rings. The van der Waals surface area contributed by atoms with Crippen molar-refractivity contribution in [1.29, 1.82) is 0 Å². The summed E-state index contributed by atoms with van der Waals surface area (Å²) in [5.74, 6) is -0.620. The van der Waals surface area contributed by atoms with Gasteiger partial charge in [0.05, 0.1) is 13.2 Å². The number of hydrogen-bond acceptors (Lipinski definition) is 4. The fourth-order valence-corrected chi connectivity index (χ4v) is 3.10. The van der Waals surface area contributed by atoms with Gasteiger partial charge >= 0.3 is 5.97 Å². The molecule has 0 fully saturated rings. The molecular formula is C22H20ClNO4. The summed E-state index contributed by atoms with van der Waals surface area (Å²) < 4.78 is 10.5. The monoisotopic (exact) mass is 397 g/mol. The molecule has 0 aliphatic carbocycles. The summed E-state index contributed by atoms with van der Waals surface area (Å²) in [6.45, 7) is 1.44. The van der Waals surface area contributed by atoms with E-state index in [1.54, 1.807) is 24.3 Å². The molecule has 3 aromatic carbocycles. The number of carbonyl (C=O) groups excluding carboxylic acids is 2. The number of carbonyl (C=O) groups is 2. The zero-order chi connectivity index (χ0) is 20.1. The van der Waals surface area contributed by atoms with Crippen LogP contribution < -0.4 is 10.1 Å². The number of benzene rings is 3. The van der Waals surface area contributed by atoms with Gasteiger partial charge in [-0.2, -0.15) is 0 Å². The van der Waals surface area contributed by atoms with Gasteiger partial charge < -0.3 is 14.8 Å². The molecule has 144 valence electrons. The highest BCUT2D eigenvalue weighted by Crippen LogP contribution is 2.26. The lowest BCUT2D eigenvalue weighted by molar-refractivity contribution is -0.124. The van der Waals surface area contributed by atoms with Crippen molar-refractivity contribution in [2.24, 2.45) is 0 Å². The highest BCUT2D eigenvalue weighted by Gasteiger charge is 2.17. The van der Waals surface area contributed by atoms with Crippen LogP contribution in [-0.4, -0.2) is 25.6 Å². The number of hydrogen-bond donors (Lipinski definition) is 1. The van der Waals surface area contributed by atoms with Crippen LogP contribution in [0.2, 0.25) is 5.02 Å². The maximum absolute atomic E-state index is 12.5. The molecule has 0 aliphatic rings. The Balaban J connectivity index is 1.65. The number of amides is 1. The number of methoxy groups -OCH3 is 1. The van der Waals surface area contributed by atoms with Crippen molar-refractivity contribution in [2.75, 3.05) is 13.7 Å². The van der Waals surface area contributed by atoms with Crippen molar-refractivity contribution in [2.45, 2.75) is 13.0 Å². The third-order valence-corrected chi connectivity index (χ3v) is 4.58. The van der Waals surface area contributed by atoms with Crippen LogP contribution >= 0.6 is 11.6 Å².